The molecule has 2 N–H and O–H groups in total. The van der Waals surface area contributed by atoms with Gasteiger partial charge in [0.2, 0.25) is 12.4 Å². The van der Waals surface area contributed by atoms with Crippen molar-refractivity contribution in [1.82, 2.24) is 10.3 Å². The highest BCUT2D eigenvalue weighted by Crippen LogP contribution is 2.22. The van der Waals surface area contributed by atoms with E-state index in [1.54, 1.807) is 30.3 Å². The van der Waals surface area contributed by atoms with E-state index in [0.717, 1.165) is 26.9 Å². The number of nitrogens with one attached hydrogen (secondary N) is 1. The zero-order valence-electron chi connectivity index (χ0n) is 18.4. The first-order chi connectivity index (χ1) is 16.6. The zero-order chi connectivity index (χ0) is 23.8. The van der Waals surface area contributed by atoms with Crippen molar-refractivity contribution in [2.75, 3.05) is 6.54 Å². The Hall–Kier alpha value is -4.70. The summed E-state index contributed by atoms with van der Waals surface area (Å²) in [7, 11) is 0. The summed E-state index contributed by atoms with van der Waals surface area (Å²) in [6.45, 7) is 0.588. The van der Waals surface area contributed by atoms with Gasteiger partial charge in [-0.15, -0.1) is 0 Å². The quantitative estimate of drug-likeness (QED) is 0.183. The van der Waals surface area contributed by atoms with Gasteiger partial charge >= 0.3 is 0 Å². The number of pyridine rings is 2. The smallest absolute Gasteiger partial charge is 0.251 e. The highest BCUT2D eigenvalue weighted by molar-refractivity contribution is 6.24. The SMILES string of the molecule is N#CCCNC(=O)C(=Cc1cc[n+](O)cc1)c1ccc(OCc2ccc3ccccc3n2)cc1. The van der Waals surface area contributed by atoms with E-state index in [9.17, 15) is 10.0 Å². The van der Waals surface area contributed by atoms with Crippen LogP contribution in [0, 0.1) is 11.3 Å². The lowest BCUT2D eigenvalue weighted by Crippen LogP contribution is -2.28. The van der Waals surface area contributed by atoms with Gasteiger partial charge in [-0.3, -0.25) is 10.0 Å². The van der Waals surface area contributed by atoms with Gasteiger partial charge in [0.25, 0.3) is 5.91 Å². The molecule has 0 spiro atoms. The van der Waals surface area contributed by atoms with Crippen molar-refractivity contribution >= 4 is 28.5 Å². The molecule has 2 aromatic heterocycles. The summed E-state index contributed by atoms with van der Waals surface area (Å²) in [6.07, 6.45) is 4.92. The molecule has 2 aromatic carbocycles. The normalized spacial score (nSPS) is 11.1. The second kappa shape index (κ2) is 10.7. The fourth-order valence-electron chi connectivity index (χ4n) is 3.38. The van der Waals surface area contributed by atoms with Gasteiger partial charge in [0.1, 0.15) is 12.4 Å². The fourth-order valence-corrected chi connectivity index (χ4v) is 3.38. The number of para-hydroxylation sites is 1. The van der Waals surface area contributed by atoms with E-state index in [1.807, 2.05) is 54.6 Å². The molecule has 7 heteroatoms. The molecule has 168 valence electrons. The number of ether oxygens (including phenoxy) is 1. The maximum atomic E-state index is 12.8. The van der Waals surface area contributed by atoms with Crippen molar-refractivity contribution in [3.8, 4) is 11.8 Å². The predicted molar refractivity (Wildman–Crippen MR) is 127 cm³/mol. The van der Waals surface area contributed by atoms with Crippen LogP contribution in [0.3, 0.4) is 0 Å². The maximum Gasteiger partial charge on any atom is 0.251 e. The number of carbonyl (C=O) groups is 1. The standard InChI is InChI=1S/C27H22N4O3/c28-14-3-15-29-27(32)25(18-20-12-16-31(33)17-13-20)21-7-10-24(11-8-21)34-19-23-9-6-22-4-1-2-5-26(22)30-23/h1-2,4-13,16-18H,3,15,19H2,(H-,29,32,33)/p+1. The van der Waals surface area contributed by atoms with E-state index < -0.39 is 0 Å². The average molecular weight is 452 g/mol. The first-order valence-electron chi connectivity index (χ1n) is 10.8. The number of hydrogen-bond donors (Lipinski definition) is 2. The molecule has 0 fully saturated rings. The van der Waals surface area contributed by atoms with Gasteiger partial charge in [-0.25, -0.2) is 4.98 Å². The van der Waals surface area contributed by atoms with Crippen molar-refractivity contribution in [1.29, 1.82) is 5.26 Å². The van der Waals surface area contributed by atoms with E-state index in [4.69, 9.17) is 10.00 Å². The van der Waals surface area contributed by atoms with E-state index in [1.165, 1.54) is 12.4 Å². The molecule has 4 aromatic rings. The average Bonchev–Trinajstić information content (AvgIpc) is 2.87. The van der Waals surface area contributed by atoms with Crippen LogP contribution >= 0.6 is 0 Å². The van der Waals surface area contributed by atoms with Gasteiger partial charge in [0.05, 0.1) is 23.7 Å². The van der Waals surface area contributed by atoms with Crippen molar-refractivity contribution < 1.29 is 19.5 Å². The van der Waals surface area contributed by atoms with Crippen molar-refractivity contribution in [2.45, 2.75) is 13.0 Å². The Bertz CT molecular complexity index is 1360. The molecule has 0 saturated carbocycles. The summed E-state index contributed by atoms with van der Waals surface area (Å²) in [4.78, 5) is 17.4. The molecule has 0 unspecified atom stereocenters. The summed E-state index contributed by atoms with van der Waals surface area (Å²) in [5, 5.41) is 22.0. The van der Waals surface area contributed by atoms with Crippen LogP contribution in [-0.2, 0) is 11.4 Å². The third-order valence-electron chi connectivity index (χ3n) is 5.13. The summed E-state index contributed by atoms with van der Waals surface area (Å²) >= 11 is 0. The lowest BCUT2D eigenvalue weighted by Gasteiger charge is -2.11. The monoisotopic (exact) mass is 451 g/mol. The lowest BCUT2D eigenvalue weighted by atomic mass is 10.0. The number of aromatic nitrogens is 2. The number of fused-ring (bicyclic) bond motifs is 1. The molecule has 0 aliphatic rings. The molecule has 0 aliphatic carbocycles. The second-order valence-corrected chi connectivity index (χ2v) is 7.54. The number of benzene rings is 2. The van der Waals surface area contributed by atoms with Gasteiger partial charge in [0.15, 0.2) is 0 Å². The number of nitriles is 1. The Kier molecular flexibility index (Phi) is 7.11. The van der Waals surface area contributed by atoms with Crippen LogP contribution in [0.1, 0.15) is 23.2 Å². The highest BCUT2D eigenvalue weighted by atomic mass is 16.5. The van der Waals surface area contributed by atoms with Crippen LogP contribution in [0.2, 0.25) is 0 Å². The number of carbonyl (C=O) groups excluding carboxylic acids is 1. The van der Waals surface area contributed by atoms with Gasteiger partial charge in [-0.1, -0.05) is 36.4 Å². The molecule has 0 bridgehead atoms. The van der Waals surface area contributed by atoms with Crippen LogP contribution in [0.25, 0.3) is 22.6 Å². The summed E-state index contributed by atoms with van der Waals surface area (Å²) in [5.41, 5.74) is 3.63. The Balaban J connectivity index is 1.50. The van der Waals surface area contributed by atoms with E-state index >= 15 is 0 Å². The predicted octanol–water partition coefficient (Wildman–Crippen LogP) is 3.91. The zero-order valence-corrected chi connectivity index (χ0v) is 18.4. The van der Waals surface area contributed by atoms with E-state index in [0.29, 0.717) is 23.5 Å². The molecular weight excluding hydrogens is 428 g/mol. The fraction of sp³-hybridized carbons (Fsp3) is 0.111. The number of nitrogens with zero attached hydrogens (tertiary/aromatic N) is 3. The first-order valence-corrected chi connectivity index (χ1v) is 10.8. The minimum atomic E-state index is -0.287. The van der Waals surface area contributed by atoms with Gasteiger partial charge in [-0.05, 0) is 41.5 Å². The maximum absolute atomic E-state index is 12.8. The molecule has 0 saturated heterocycles. The molecular formula is C27H23N4O3+. The van der Waals surface area contributed by atoms with Crippen molar-refractivity contribution in [3.05, 3.63) is 102 Å². The topological polar surface area (TPSA) is 99.1 Å². The molecule has 0 atom stereocenters. The molecule has 34 heavy (non-hydrogen) atoms. The van der Waals surface area contributed by atoms with Crippen LogP contribution in [0.15, 0.2) is 85.2 Å². The first kappa shape index (κ1) is 22.5. The third kappa shape index (κ3) is 5.75. The molecule has 7 nitrogen and oxygen atoms in total. The molecule has 1 amide bonds. The Morgan fingerprint density at radius 3 is 2.59 bits per heavy atom. The minimum Gasteiger partial charge on any atom is -0.487 e. The Morgan fingerprint density at radius 2 is 1.82 bits per heavy atom. The van der Waals surface area contributed by atoms with Crippen LogP contribution in [-0.4, -0.2) is 22.6 Å². The summed E-state index contributed by atoms with van der Waals surface area (Å²) in [5.74, 6) is 0.369. The van der Waals surface area contributed by atoms with E-state index in [-0.39, 0.29) is 18.9 Å². The van der Waals surface area contributed by atoms with Crippen molar-refractivity contribution in [2.24, 2.45) is 0 Å². The third-order valence-corrected chi connectivity index (χ3v) is 5.13. The number of rotatable bonds is 8. The Morgan fingerprint density at radius 1 is 1.06 bits per heavy atom. The van der Waals surface area contributed by atoms with Crippen LogP contribution < -0.4 is 14.8 Å². The van der Waals surface area contributed by atoms with Crippen LogP contribution in [0.4, 0.5) is 0 Å². The summed E-state index contributed by atoms with van der Waals surface area (Å²) < 4.78 is 6.83. The molecule has 0 aliphatic heterocycles. The van der Waals surface area contributed by atoms with E-state index in [2.05, 4.69) is 10.3 Å². The Labute approximate surface area is 197 Å². The largest absolute Gasteiger partial charge is 0.487 e. The molecule has 2 heterocycles. The van der Waals surface area contributed by atoms with Gasteiger partial charge in [-0.2, -0.15) is 5.26 Å². The lowest BCUT2D eigenvalue weighted by molar-refractivity contribution is -0.904. The minimum absolute atomic E-state index is 0.227. The van der Waals surface area contributed by atoms with Crippen molar-refractivity contribution in [3.63, 3.8) is 0 Å². The van der Waals surface area contributed by atoms with Crippen LogP contribution in [0.5, 0.6) is 5.75 Å². The molecule has 0 radical (unpaired) electrons. The number of hydrogen-bond acceptors (Lipinski definition) is 5. The number of amides is 1. The second-order valence-electron chi connectivity index (χ2n) is 7.54. The molecule has 4 rings (SSSR count). The summed E-state index contributed by atoms with van der Waals surface area (Å²) in [6, 6.07) is 24.5. The highest BCUT2D eigenvalue weighted by Gasteiger charge is 2.13. The van der Waals surface area contributed by atoms with Gasteiger partial charge < -0.3 is 10.1 Å². The van der Waals surface area contributed by atoms with Gasteiger partial charge in [0, 0.05) is 34.4 Å².